The van der Waals surface area contributed by atoms with E-state index in [-0.39, 0.29) is 11.8 Å². The number of thiazole rings is 1. The second-order valence-corrected chi connectivity index (χ2v) is 6.89. The van der Waals surface area contributed by atoms with Gasteiger partial charge in [0.05, 0.1) is 15.8 Å². The first-order valence-electron chi connectivity index (χ1n) is 6.77. The molecular weight excluding hydrogens is 332 g/mol. The maximum absolute atomic E-state index is 12.4. The van der Waals surface area contributed by atoms with E-state index in [0.717, 1.165) is 10.2 Å². The number of hydrazine groups is 1. The number of benzene rings is 1. The Bertz CT molecular complexity index is 836. The topological polar surface area (TPSA) is 74.3 Å². The van der Waals surface area contributed by atoms with E-state index in [4.69, 9.17) is 0 Å². The lowest BCUT2D eigenvalue weighted by Crippen LogP contribution is -2.36. The minimum Gasteiger partial charge on any atom is -0.311 e. The molecule has 0 aliphatic carbocycles. The number of carbonyl (C=O) groups excluding carboxylic acids is 2. The predicted molar refractivity (Wildman–Crippen MR) is 93.0 cm³/mol. The minimum absolute atomic E-state index is 0.268. The first-order valence-corrected chi connectivity index (χ1v) is 8.47. The number of para-hydroxylation sites is 1. The normalized spacial score (nSPS) is 10.9. The van der Waals surface area contributed by atoms with Crippen molar-refractivity contribution in [2.45, 2.75) is 0 Å². The van der Waals surface area contributed by atoms with Crippen LogP contribution in [0.15, 0.2) is 35.7 Å². The maximum atomic E-state index is 12.4. The number of amides is 2. The number of hydrogen-bond acceptors (Lipinski definition) is 6. The van der Waals surface area contributed by atoms with Crippen molar-refractivity contribution in [2.24, 2.45) is 0 Å². The Kier molecular flexibility index (Phi) is 4.37. The average molecular weight is 346 g/mol. The molecular formula is C15H14N4O2S2. The van der Waals surface area contributed by atoms with Crippen LogP contribution in [0.25, 0.3) is 10.2 Å². The molecule has 0 aliphatic rings. The Balaban J connectivity index is 1.80. The van der Waals surface area contributed by atoms with Crippen molar-refractivity contribution >= 4 is 49.7 Å². The number of nitrogens with one attached hydrogen (secondary N) is 2. The molecule has 0 bridgehead atoms. The Morgan fingerprint density at radius 3 is 2.65 bits per heavy atom. The van der Waals surface area contributed by atoms with Gasteiger partial charge in [-0.3, -0.25) is 15.0 Å². The summed E-state index contributed by atoms with van der Waals surface area (Å²) in [7, 11) is 3.45. The van der Waals surface area contributed by atoms with E-state index in [1.807, 2.05) is 24.3 Å². The summed E-state index contributed by atoms with van der Waals surface area (Å²) in [4.78, 5) is 28.8. The molecule has 0 radical (unpaired) electrons. The zero-order chi connectivity index (χ0) is 16.4. The van der Waals surface area contributed by atoms with Crippen molar-refractivity contribution in [1.82, 2.24) is 15.4 Å². The van der Waals surface area contributed by atoms with E-state index < -0.39 is 0 Å². The van der Waals surface area contributed by atoms with Crippen LogP contribution < -0.4 is 10.7 Å². The number of rotatable bonds is 4. The monoisotopic (exact) mass is 346 g/mol. The molecule has 2 N–H and O–H groups in total. The van der Waals surface area contributed by atoms with Crippen LogP contribution in [0.1, 0.15) is 20.2 Å². The highest BCUT2D eigenvalue weighted by Gasteiger charge is 2.18. The highest BCUT2D eigenvalue weighted by molar-refractivity contribution is 7.20. The molecule has 118 valence electrons. The molecule has 6 nitrogen and oxygen atoms in total. The van der Waals surface area contributed by atoms with Crippen LogP contribution in [0.3, 0.4) is 0 Å². The molecule has 1 aromatic carbocycles. The quantitative estimate of drug-likeness (QED) is 0.713. The lowest BCUT2D eigenvalue weighted by molar-refractivity contribution is 0.0858. The number of aromatic nitrogens is 1. The van der Waals surface area contributed by atoms with Gasteiger partial charge in [0.2, 0.25) is 0 Å². The van der Waals surface area contributed by atoms with Crippen LogP contribution in [0.4, 0.5) is 5.00 Å². The number of nitrogens with zero attached hydrogens (tertiary/aromatic N) is 2. The van der Waals surface area contributed by atoms with E-state index in [9.17, 15) is 9.59 Å². The number of fused-ring (bicyclic) bond motifs is 1. The van der Waals surface area contributed by atoms with Crippen LogP contribution in [-0.2, 0) is 0 Å². The van der Waals surface area contributed by atoms with E-state index in [1.54, 1.807) is 30.6 Å². The van der Waals surface area contributed by atoms with Gasteiger partial charge in [-0.2, -0.15) is 0 Å². The van der Waals surface area contributed by atoms with Crippen LogP contribution in [0.5, 0.6) is 0 Å². The van der Waals surface area contributed by atoms with Crippen LogP contribution in [-0.4, -0.2) is 35.9 Å². The van der Waals surface area contributed by atoms with Gasteiger partial charge in [0.1, 0.15) is 5.00 Å². The van der Waals surface area contributed by atoms with Gasteiger partial charge in [0.25, 0.3) is 11.8 Å². The molecule has 0 aliphatic heterocycles. The molecule has 0 unspecified atom stereocenters. The highest BCUT2D eigenvalue weighted by Crippen LogP contribution is 2.26. The summed E-state index contributed by atoms with van der Waals surface area (Å²) in [6, 6.07) is 9.25. The van der Waals surface area contributed by atoms with Crippen molar-refractivity contribution in [3.63, 3.8) is 0 Å². The molecule has 0 atom stereocenters. The fourth-order valence-electron chi connectivity index (χ4n) is 1.97. The summed E-state index contributed by atoms with van der Waals surface area (Å²) in [6.45, 7) is 0. The van der Waals surface area contributed by atoms with Crippen molar-refractivity contribution in [2.75, 3.05) is 19.4 Å². The molecule has 3 rings (SSSR count). The van der Waals surface area contributed by atoms with Crippen LogP contribution in [0, 0.1) is 0 Å². The van der Waals surface area contributed by atoms with E-state index >= 15 is 0 Å². The van der Waals surface area contributed by atoms with Gasteiger partial charge in [0.15, 0.2) is 5.01 Å². The van der Waals surface area contributed by atoms with Gasteiger partial charge in [-0.15, -0.1) is 22.7 Å². The van der Waals surface area contributed by atoms with Crippen molar-refractivity contribution in [1.29, 1.82) is 0 Å². The summed E-state index contributed by atoms with van der Waals surface area (Å²) < 4.78 is 0.953. The van der Waals surface area contributed by atoms with Gasteiger partial charge < -0.3 is 5.32 Å². The molecule has 0 spiro atoms. The van der Waals surface area contributed by atoms with Gasteiger partial charge in [-0.25, -0.2) is 9.99 Å². The summed E-state index contributed by atoms with van der Waals surface area (Å²) in [5, 5.41) is 6.97. The average Bonchev–Trinajstić information content (AvgIpc) is 3.12. The first kappa shape index (κ1) is 15.6. The molecule has 2 aromatic heterocycles. The molecule has 2 heterocycles. The van der Waals surface area contributed by atoms with Gasteiger partial charge in [-0.05, 0) is 23.6 Å². The first-order chi connectivity index (χ1) is 11.0. The fourth-order valence-corrected chi connectivity index (χ4v) is 3.61. The number of anilines is 1. The summed E-state index contributed by atoms with van der Waals surface area (Å²) >= 11 is 2.63. The van der Waals surface area contributed by atoms with Crippen molar-refractivity contribution in [3.05, 3.63) is 46.3 Å². The molecule has 0 fully saturated rings. The standard InChI is InChI=1S/C15H14N4O2S2/c1-19(2)18-12(20)9-7-8-22-14(9)17-13(21)15-16-10-5-3-4-6-11(10)23-15/h3-8H,1-2H3,(H,17,21)(H,18,20). The Morgan fingerprint density at radius 2 is 1.91 bits per heavy atom. The number of hydrogen-bond donors (Lipinski definition) is 2. The van der Waals surface area contributed by atoms with Crippen molar-refractivity contribution in [3.8, 4) is 0 Å². The van der Waals surface area contributed by atoms with Gasteiger partial charge in [-0.1, -0.05) is 12.1 Å². The third-order valence-electron chi connectivity index (χ3n) is 2.95. The van der Waals surface area contributed by atoms with E-state index in [0.29, 0.717) is 15.6 Å². The summed E-state index contributed by atoms with van der Waals surface area (Å²) in [5.41, 5.74) is 3.88. The minimum atomic E-state index is -0.312. The molecule has 3 aromatic rings. The molecule has 0 saturated carbocycles. The second-order valence-electron chi connectivity index (χ2n) is 4.94. The smallest absolute Gasteiger partial charge is 0.285 e. The lowest BCUT2D eigenvalue weighted by Gasteiger charge is -2.12. The van der Waals surface area contributed by atoms with E-state index in [1.165, 1.54) is 22.7 Å². The zero-order valence-corrected chi connectivity index (χ0v) is 14.1. The third kappa shape index (κ3) is 3.39. The molecule has 8 heteroatoms. The second kappa shape index (κ2) is 6.45. The van der Waals surface area contributed by atoms with Crippen LogP contribution >= 0.6 is 22.7 Å². The summed E-state index contributed by atoms with van der Waals surface area (Å²) in [5.74, 6) is -0.580. The van der Waals surface area contributed by atoms with Crippen LogP contribution in [0.2, 0.25) is 0 Å². The number of carbonyl (C=O) groups is 2. The maximum Gasteiger partial charge on any atom is 0.285 e. The summed E-state index contributed by atoms with van der Waals surface area (Å²) in [6.07, 6.45) is 0. The van der Waals surface area contributed by atoms with E-state index in [2.05, 4.69) is 15.7 Å². The molecule has 23 heavy (non-hydrogen) atoms. The predicted octanol–water partition coefficient (Wildman–Crippen LogP) is 2.82. The Morgan fingerprint density at radius 1 is 1.13 bits per heavy atom. The fraction of sp³-hybridized carbons (Fsp3) is 0.133. The molecule has 0 saturated heterocycles. The van der Waals surface area contributed by atoms with Gasteiger partial charge in [0, 0.05) is 14.1 Å². The van der Waals surface area contributed by atoms with Crippen molar-refractivity contribution < 1.29 is 9.59 Å². The lowest BCUT2D eigenvalue weighted by atomic mass is 10.3. The Labute approximate surface area is 140 Å². The zero-order valence-electron chi connectivity index (χ0n) is 12.5. The molecule has 2 amide bonds. The highest BCUT2D eigenvalue weighted by atomic mass is 32.1. The SMILES string of the molecule is CN(C)NC(=O)c1ccsc1NC(=O)c1nc2ccccc2s1. The van der Waals surface area contributed by atoms with Gasteiger partial charge >= 0.3 is 0 Å². The number of thiophene rings is 1. The Hall–Kier alpha value is -2.29. The third-order valence-corrected chi connectivity index (χ3v) is 4.82. The largest absolute Gasteiger partial charge is 0.311 e.